The number of hydrogen-bond acceptors (Lipinski definition) is 3. The normalized spacial score (nSPS) is 8.54. The van der Waals surface area contributed by atoms with Crippen LogP contribution in [-0.4, -0.2) is 6.54 Å². The third-order valence-electron chi connectivity index (χ3n) is 1.58. The summed E-state index contributed by atoms with van der Waals surface area (Å²) in [7, 11) is 0. The zero-order valence-electron chi connectivity index (χ0n) is 7.33. The van der Waals surface area contributed by atoms with Crippen molar-refractivity contribution in [1.29, 1.82) is 10.5 Å². The van der Waals surface area contributed by atoms with Crippen molar-refractivity contribution < 1.29 is 0 Å². The minimum Gasteiger partial charge on any atom is -0.372 e. The zero-order chi connectivity index (χ0) is 9.68. The highest BCUT2D eigenvalue weighted by Crippen LogP contribution is 2.13. The lowest BCUT2D eigenvalue weighted by Crippen LogP contribution is -1.98. The van der Waals surface area contributed by atoms with Crippen LogP contribution in [0.15, 0.2) is 18.2 Å². The van der Waals surface area contributed by atoms with E-state index in [1.165, 1.54) is 0 Å². The SMILES string of the molecule is Cc1cc(C#N)cc(NCC#N)c1. The topological polar surface area (TPSA) is 59.6 Å². The number of nitrogens with zero attached hydrogens (tertiary/aromatic N) is 2. The third kappa shape index (κ3) is 2.50. The molecule has 0 aromatic heterocycles. The molecule has 1 N–H and O–H groups in total. The summed E-state index contributed by atoms with van der Waals surface area (Å²) < 4.78 is 0. The number of anilines is 1. The smallest absolute Gasteiger partial charge is 0.103 e. The number of nitriles is 2. The molecule has 1 rings (SSSR count). The Hall–Kier alpha value is -2.00. The molecule has 0 unspecified atom stereocenters. The van der Waals surface area contributed by atoms with E-state index >= 15 is 0 Å². The molecule has 0 saturated carbocycles. The summed E-state index contributed by atoms with van der Waals surface area (Å²) in [6, 6.07) is 9.47. The van der Waals surface area contributed by atoms with Gasteiger partial charge in [0.15, 0.2) is 0 Å². The molecule has 0 fully saturated rings. The van der Waals surface area contributed by atoms with Crippen molar-refractivity contribution in [3.63, 3.8) is 0 Å². The van der Waals surface area contributed by atoms with E-state index in [2.05, 4.69) is 11.4 Å². The largest absolute Gasteiger partial charge is 0.372 e. The van der Waals surface area contributed by atoms with Gasteiger partial charge in [-0.2, -0.15) is 10.5 Å². The molecule has 3 heteroatoms. The van der Waals surface area contributed by atoms with Crippen LogP contribution in [-0.2, 0) is 0 Å². The maximum atomic E-state index is 8.67. The second-order valence-corrected chi connectivity index (χ2v) is 2.71. The molecule has 0 bridgehead atoms. The molecule has 0 aliphatic carbocycles. The van der Waals surface area contributed by atoms with Crippen LogP contribution in [0.4, 0.5) is 5.69 Å². The van der Waals surface area contributed by atoms with Crippen molar-refractivity contribution in [1.82, 2.24) is 0 Å². The van der Waals surface area contributed by atoms with Crippen molar-refractivity contribution in [2.24, 2.45) is 0 Å². The molecule has 0 atom stereocenters. The Morgan fingerprint density at radius 1 is 1.31 bits per heavy atom. The summed E-state index contributed by atoms with van der Waals surface area (Å²) >= 11 is 0. The highest BCUT2D eigenvalue weighted by molar-refractivity contribution is 5.52. The molecule has 3 nitrogen and oxygen atoms in total. The Kier molecular flexibility index (Phi) is 2.89. The van der Waals surface area contributed by atoms with Crippen molar-refractivity contribution in [2.75, 3.05) is 11.9 Å². The van der Waals surface area contributed by atoms with Gasteiger partial charge >= 0.3 is 0 Å². The van der Waals surface area contributed by atoms with Gasteiger partial charge in [0, 0.05) is 5.69 Å². The number of benzene rings is 1. The zero-order valence-corrected chi connectivity index (χ0v) is 7.33. The van der Waals surface area contributed by atoms with E-state index in [1.54, 1.807) is 12.1 Å². The van der Waals surface area contributed by atoms with Crippen LogP contribution in [0.5, 0.6) is 0 Å². The predicted molar refractivity (Wildman–Crippen MR) is 50.0 cm³/mol. The summed E-state index contributed by atoms with van der Waals surface area (Å²) in [6.07, 6.45) is 0. The monoisotopic (exact) mass is 171 g/mol. The van der Waals surface area contributed by atoms with Crippen LogP contribution in [0.2, 0.25) is 0 Å². The Balaban J connectivity index is 2.91. The lowest BCUT2D eigenvalue weighted by molar-refractivity contribution is 1.30. The molecule has 0 heterocycles. The summed E-state index contributed by atoms with van der Waals surface area (Å²) in [5, 5.41) is 19.9. The summed E-state index contributed by atoms with van der Waals surface area (Å²) in [6.45, 7) is 2.17. The first-order valence-corrected chi connectivity index (χ1v) is 3.89. The van der Waals surface area contributed by atoms with Crippen LogP contribution in [0.3, 0.4) is 0 Å². The second-order valence-electron chi connectivity index (χ2n) is 2.71. The molecule has 0 saturated heterocycles. The van der Waals surface area contributed by atoms with E-state index in [0.29, 0.717) is 5.56 Å². The van der Waals surface area contributed by atoms with Crippen molar-refractivity contribution in [2.45, 2.75) is 6.92 Å². The van der Waals surface area contributed by atoms with Gasteiger partial charge in [-0.1, -0.05) is 0 Å². The van der Waals surface area contributed by atoms with Gasteiger partial charge in [0.25, 0.3) is 0 Å². The van der Waals surface area contributed by atoms with E-state index in [-0.39, 0.29) is 6.54 Å². The Morgan fingerprint density at radius 3 is 2.69 bits per heavy atom. The highest BCUT2D eigenvalue weighted by atomic mass is 14.9. The summed E-state index contributed by atoms with van der Waals surface area (Å²) in [4.78, 5) is 0. The Bertz CT molecular complexity index is 382. The van der Waals surface area contributed by atoms with Crippen LogP contribution >= 0.6 is 0 Å². The maximum absolute atomic E-state index is 8.67. The highest BCUT2D eigenvalue weighted by Gasteiger charge is 1.96. The number of aryl methyl sites for hydroxylation is 1. The quantitative estimate of drug-likeness (QED) is 0.690. The van der Waals surface area contributed by atoms with E-state index in [0.717, 1.165) is 11.3 Å². The molecule has 0 aliphatic heterocycles. The molecule has 1 aromatic rings. The van der Waals surface area contributed by atoms with Crippen LogP contribution in [0.1, 0.15) is 11.1 Å². The summed E-state index contributed by atoms with van der Waals surface area (Å²) in [5.74, 6) is 0. The molecule has 0 aliphatic rings. The van der Waals surface area contributed by atoms with Gasteiger partial charge in [0.1, 0.15) is 6.54 Å². The molecule has 0 radical (unpaired) electrons. The molecule has 1 aromatic carbocycles. The third-order valence-corrected chi connectivity index (χ3v) is 1.58. The van der Waals surface area contributed by atoms with E-state index in [9.17, 15) is 0 Å². The van der Waals surface area contributed by atoms with Gasteiger partial charge in [-0.3, -0.25) is 0 Å². The second kappa shape index (κ2) is 4.13. The fourth-order valence-electron chi connectivity index (χ4n) is 1.09. The Morgan fingerprint density at radius 2 is 2.08 bits per heavy atom. The minimum absolute atomic E-state index is 0.258. The first-order chi connectivity index (χ1) is 6.26. The maximum Gasteiger partial charge on any atom is 0.103 e. The predicted octanol–water partition coefficient (Wildman–Crippen LogP) is 1.80. The van der Waals surface area contributed by atoms with Gasteiger partial charge in [0.05, 0.1) is 17.7 Å². The molecule has 0 amide bonds. The molecular weight excluding hydrogens is 162 g/mol. The lowest BCUT2D eigenvalue weighted by atomic mass is 10.1. The summed E-state index contributed by atoms with van der Waals surface area (Å²) in [5.41, 5.74) is 2.44. The van der Waals surface area contributed by atoms with Gasteiger partial charge in [-0.05, 0) is 30.7 Å². The number of hydrogen-bond donors (Lipinski definition) is 1. The van der Waals surface area contributed by atoms with E-state index < -0.39 is 0 Å². The van der Waals surface area contributed by atoms with Crippen LogP contribution in [0, 0.1) is 29.6 Å². The van der Waals surface area contributed by atoms with Crippen molar-refractivity contribution in [3.8, 4) is 12.1 Å². The average molecular weight is 171 g/mol. The Labute approximate surface area is 77.2 Å². The fraction of sp³-hybridized carbons (Fsp3) is 0.200. The molecular formula is C10H9N3. The first kappa shape index (κ1) is 9.09. The first-order valence-electron chi connectivity index (χ1n) is 3.89. The van der Waals surface area contributed by atoms with Crippen molar-refractivity contribution >= 4 is 5.69 Å². The standard InChI is InChI=1S/C10H9N3/c1-8-4-9(7-12)6-10(5-8)13-3-2-11/h4-6,13H,3H2,1H3. The van der Waals surface area contributed by atoms with Gasteiger partial charge in [-0.15, -0.1) is 0 Å². The molecule has 0 spiro atoms. The number of nitrogens with one attached hydrogen (secondary N) is 1. The van der Waals surface area contributed by atoms with Crippen molar-refractivity contribution in [3.05, 3.63) is 29.3 Å². The molecule has 64 valence electrons. The van der Waals surface area contributed by atoms with Gasteiger partial charge in [-0.25, -0.2) is 0 Å². The fourth-order valence-corrected chi connectivity index (χ4v) is 1.09. The van der Waals surface area contributed by atoms with Crippen LogP contribution in [0.25, 0.3) is 0 Å². The van der Waals surface area contributed by atoms with Gasteiger partial charge < -0.3 is 5.32 Å². The average Bonchev–Trinajstić information content (AvgIpc) is 2.14. The van der Waals surface area contributed by atoms with Gasteiger partial charge in [0.2, 0.25) is 0 Å². The molecule has 13 heavy (non-hydrogen) atoms. The number of rotatable bonds is 2. The van der Waals surface area contributed by atoms with E-state index in [1.807, 2.05) is 19.1 Å². The van der Waals surface area contributed by atoms with E-state index in [4.69, 9.17) is 10.5 Å². The minimum atomic E-state index is 0.258. The van der Waals surface area contributed by atoms with Crippen LogP contribution < -0.4 is 5.32 Å². The lowest BCUT2D eigenvalue weighted by Gasteiger charge is -2.03.